The first-order valence-electron chi connectivity index (χ1n) is 7.44. The van der Waals surface area contributed by atoms with Gasteiger partial charge in [0.25, 0.3) is 0 Å². The van der Waals surface area contributed by atoms with Gasteiger partial charge in [-0.05, 0) is 35.7 Å². The minimum atomic E-state index is -3.78. The zero-order valence-corrected chi connectivity index (χ0v) is 13.9. The lowest BCUT2D eigenvalue weighted by Gasteiger charge is -2.13. The molecule has 1 atom stereocenters. The van der Waals surface area contributed by atoms with Crippen LogP contribution in [0.3, 0.4) is 0 Å². The fourth-order valence-corrected chi connectivity index (χ4v) is 3.51. The number of hydrogen-bond donors (Lipinski definition) is 3. The van der Waals surface area contributed by atoms with Crippen molar-refractivity contribution in [3.63, 3.8) is 0 Å². The first kappa shape index (κ1) is 17.9. The maximum Gasteiger partial charge on any atom is 0.241 e. The molecule has 0 saturated heterocycles. The van der Waals surface area contributed by atoms with Gasteiger partial charge in [0.1, 0.15) is 6.29 Å². The number of nitrogens with one attached hydrogen (secondary N) is 1. The van der Waals surface area contributed by atoms with E-state index in [9.17, 15) is 13.2 Å². The molecule has 0 spiro atoms. The molecule has 0 radical (unpaired) electrons. The van der Waals surface area contributed by atoms with Crippen LogP contribution in [0.1, 0.15) is 12.8 Å². The number of carbonyl (C=O) groups excluding carboxylic acids is 1. The minimum absolute atomic E-state index is 0.0330. The normalized spacial score (nSPS) is 12.7. The van der Waals surface area contributed by atoms with E-state index in [1.165, 1.54) is 6.07 Å². The monoisotopic (exact) mass is 348 g/mol. The number of guanidine groups is 1. The Morgan fingerprint density at radius 1 is 1.17 bits per heavy atom. The van der Waals surface area contributed by atoms with Gasteiger partial charge in [-0.1, -0.05) is 30.3 Å². The molecule has 7 nitrogen and oxygen atoms in total. The maximum atomic E-state index is 12.4. The molecule has 0 aliphatic carbocycles. The van der Waals surface area contributed by atoms with E-state index < -0.39 is 16.1 Å². The summed E-state index contributed by atoms with van der Waals surface area (Å²) >= 11 is 0. The highest BCUT2D eigenvalue weighted by Gasteiger charge is 2.19. The Labute approximate surface area is 140 Å². The number of nitrogens with two attached hydrogens (primary N) is 2. The average Bonchev–Trinajstić information content (AvgIpc) is 2.56. The SMILES string of the molecule is NC(N)=NCCCC(C=O)NS(=O)(=O)c1ccc2ccccc2c1. The summed E-state index contributed by atoms with van der Waals surface area (Å²) in [5.74, 6) is -0.0330. The topological polar surface area (TPSA) is 128 Å². The summed E-state index contributed by atoms with van der Waals surface area (Å²) in [6.45, 7) is 0.338. The van der Waals surface area contributed by atoms with Gasteiger partial charge in [-0.2, -0.15) is 0 Å². The molecule has 0 fully saturated rings. The van der Waals surface area contributed by atoms with Crippen LogP contribution in [0.4, 0.5) is 0 Å². The second-order valence-corrected chi connectivity index (χ2v) is 7.04. The van der Waals surface area contributed by atoms with Gasteiger partial charge in [-0.3, -0.25) is 4.99 Å². The van der Waals surface area contributed by atoms with E-state index in [2.05, 4.69) is 9.71 Å². The molecule has 0 aliphatic heterocycles. The Hall–Kier alpha value is -2.45. The van der Waals surface area contributed by atoms with Crippen molar-refractivity contribution >= 4 is 33.0 Å². The van der Waals surface area contributed by atoms with E-state index >= 15 is 0 Å². The van der Waals surface area contributed by atoms with Gasteiger partial charge >= 0.3 is 0 Å². The van der Waals surface area contributed by atoms with E-state index in [0.29, 0.717) is 25.7 Å². The smallest absolute Gasteiger partial charge is 0.241 e. The third-order valence-electron chi connectivity index (χ3n) is 3.47. The van der Waals surface area contributed by atoms with Gasteiger partial charge in [0.05, 0.1) is 10.9 Å². The lowest BCUT2D eigenvalue weighted by atomic mass is 10.1. The summed E-state index contributed by atoms with van der Waals surface area (Å²) in [7, 11) is -3.78. The fraction of sp³-hybridized carbons (Fsp3) is 0.250. The Morgan fingerprint density at radius 2 is 1.88 bits per heavy atom. The number of carbonyl (C=O) groups is 1. The van der Waals surface area contributed by atoms with Gasteiger partial charge in [-0.15, -0.1) is 0 Å². The van der Waals surface area contributed by atoms with Crippen LogP contribution in [0.15, 0.2) is 52.4 Å². The van der Waals surface area contributed by atoms with Crippen molar-refractivity contribution in [1.82, 2.24) is 4.72 Å². The molecule has 0 amide bonds. The maximum absolute atomic E-state index is 12.4. The fourth-order valence-electron chi connectivity index (χ4n) is 2.28. The van der Waals surface area contributed by atoms with E-state index in [1.54, 1.807) is 12.1 Å². The Kier molecular flexibility index (Phi) is 5.88. The second kappa shape index (κ2) is 7.89. The van der Waals surface area contributed by atoms with Crippen LogP contribution in [0.2, 0.25) is 0 Å². The molecule has 2 rings (SSSR count). The molecule has 0 bridgehead atoms. The van der Waals surface area contributed by atoms with Crippen LogP contribution in [0, 0.1) is 0 Å². The molecule has 8 heteroatoms. The quantitative estimate of drug-likeness (QED) is 0.280. The van der Waals surface area contributed by atoms with E-state index in [-0.39, 0.29) is 10.9 Å². The largest absolute Gasteiger partial charge is 0.370 e. The summed E-state index contributed by atoms with van der Waals surface area (Å²) in [6.07, 6.45) is 1.38. The predicted octanol–water partition coefficient (Wildman–Crippen LogP) is 0.739. The van der Waals surface area contributed by atoms with Crippen molar-refractivity contribution in [2.45, 2.75) is 23.8 Å². The van der Waals surface area contributed by atoms with Crippen molar-refractivity contribution < 1.29 is 13.2 Å². The van der Waals surface area contributed by atoms with Crippen LogP contribution in [-0.2, 0) is 14.8 Å². The van der Waals surface area contributed by atoms with Crippen LogP contribution in [0.5, 0.6) is 0 Å². The van der Waals surface area contributed by atoms with Crippen LogP contribution in [-0.4, -0.2) is 33.3 Å². The Balaban J connectivity index is 2.09. The molecule has 2 aromatic rings. The number of fused-ring (bicyclic) bond motifs is 1. The van der Waals surface area contributed by atoms with Crippen LogP contribution >= 0.6 is 0 Å². The van der Waals surface area contributed by atoms with Crippen molar-refractivity contribution in [1.29, 1.82) is 0 Å². The standard InChI is InChI=1S/C16H20N4O3S/c17-16(18)19-9-3-6-14(11-21)20-24(22,23)15-8-7-12-4-1-2-5-13(12)10-15/h1-2,4-5,7-8,10-11,14,20H,3,6,9H2,(H4,17,18,19). The average molecular weight is 348 g/mol. The van der Waals surface area contributed by atoms with Gasteiger partial charge < -0.3 is 16.3 Å². The molecule has 1 unspecified atom stereocenters. The summed E-state index contributed by atoms with van der Waals surface area (Å²) in [5.41, 5.74) is 10.4. The molecule has 0 aliphatic rings. The highest BCUT2D eigenvalue weighted by molar-refractivity contribution is 7.89. The molecule has 5 N–H and O–H groups in total. The minimum Gasteiger partial charge on any atom is -0.370 e. The summed E-state index contributed by atoms with van der Waals surface area (Å²) < 4.78 is 27.3. The number of nitrogens with zero attached hydrogens (tertiary/aromatic N) is 1. The molecule has 0 saturated carbocycles. The zero-order chi connectivity index (χ0) is 17.6. The number of sulfonamides is 1. The third kappa shape index (κ3) is 4.77. The van der Waals surface area contributed by atoms with Gasteiger partial charge in [0.15, 0.2) is 5.96 Å². The summed E-state index contributed by atoms with van der Waals surface area (Å²) in [6, 6.07) is 11.5. The number of rotatable bonds is 8. The summed E-state index contributed by atoms with van der Waals surface area (Å²) in [5, 5.41) is 1.76. The van der Waals surface area contributed by atoms with E-state index in [0.717, 1.165) is 10.8 Å². The second-order valence-electron chi connectivity index (χ2n) is 5.32. The number of aliphatic imine (C=N–C) groups is 1. The number of benzene rings is 2. The first-order valence-corrected chi connectivity index (χ1v) is 8.92. The highest BCUT2D eigenvalue weighted by Crippen LogP contribution is 2.19. The van der Waals surface area contributed by atoms with Crippen molar-refractivity contribution in [2.75, 3.05) is 6.54 Å². The van der Waals surface area contributed by atoms with Gasteiger partial charge in [0.2, 0.25) is 10.0 Å². The zero-order valence-electron chi connectivity index (χ0n) is 13.1. The number of hydrogen-bond acceptors (Lipinski definition) is 4. The molecular weight excluding hydrogens is 328 g/mol. The molecular formula is C16H20N4O3S. The highest BCUT2D eigenvalue weighted by atomic mass is 32.2. The first-order chi connectivity index (χ1) is 11.4. The molecule has 128 valence electrons. The van der Waals surface area contributed by atoms with Gasteiger partial charge in [0, 0.05) is 6.54 Å². The van der Waals surface area contributed by atoms with Crippen molar-refractivity contribution in [3.8, 4) is 0 Å². The Bertz CT molecular complexity index is 845. The van der Waals surface area contributed by atoms with Gasteiger partial charge in [-0.25, -0.2) is 13.1 Å². The predicted molar refractivity (Wildman–Crippen MR) is 94.0 cm³/mol. The molecule has 0 heterocycles. The lowest BCUT2D eigenvalue weighted by molar-refractivity contribution is -0.109. The molecule has 24 heavy (non-hydrogen) atoms. The van der Waals surface area contributed by atoms with E-state index in [1.807, 2.05) is 24.3 Å². The number of aldehydes is 1. The Morgan fingerprint density at radius 3 is 2.54 bits per heavy atom. The molecule has 0 aromatic heterocycles. The third-order valence-corrected chi connectivity index (χ3v) is 4.96. The van der Waals surface area contributed by atoms with Crippen LogP contribution in [0.25, 0.3) is 10.8 Å². The summed E-state index contributed by atoms with van der Waals surface area (Å²) in [4.78, 5) is 15.1. The van der Waals surface area contributed by atoms with Crippen molar-refractivity contribution in [3.05, 3.63) is 42.5 Å². The van der Waals surface area contributed by atoms with Crippen LogP contribution < -0.4 is 16.2 Å². The van der Waals surface area contributed by atoms with E-state index in [4.69, 9.17) is 11.5 Å². The molecule has 2 aromatic carbocycles. The lowest BCUT2D eigenvalue weighted by Crippen LogP contribution is -2.36. The van der Waals surface area contributed by atoms with Crippen molar-refractivity contribution in [2.24, 2.45) is 16.5 Å².